The van der Waals surface area contributed by atoms with Crippen LogP contribution in [0.4, 0.5) is 4.79 Å². The zero-order valence-corrected chi connectivity index (χ0v) is 13.7. The molecule has 1 fully saturated rings. The molecule has 5 nitrogen and oxygen atoms in total. The zero-order valence-electron chi connectivity index (χ0n) is 12.0. The van der Waals surface area contributed by atoms with Crippen LogP contribution in [0.2, 0.25) is 0 Å². The summed E-state index contributed by atoms with van der Waals surface area (Å²) in [5, 5.41) is 6.54. The van der Waals surface area contributed by atoms with Gasteiger partial charge in [0.25, 0.3) is 11.1 Å². The SMILES string of the molecule is O=C1NC(=O)C(=Cc2cc3cncc(C#Cc4ccsc4)c3o2)S1. The highest BCUT2D eigenvalue weighted by Gasteiger charge is 2.25. The number of nitrogens with zero attached hydrogens (tertiary/aromatic N) is 1. The molecular weight excluding hydrogens is 344 g/mol. The predicted molar refractivity (Wildman–Crippen MR) is 93.4 cm³/mol. The fraction of sp³-hybridized carbons (Fsp3) is 0. The van der Waals surface area contributed by atoms with Gasteiger partial charge in [0.15, 0.2) is 5.58 Å². The Morgan fingerprint density at radius 1 is 1.25 bits per heavy atom. The van der Waals surface area contributed by atoms with Crippen molar-refractivity contribution < 1.29 is 14.0 Å². The van der Waals surface area contributed by atoms with Gasteiger partial charge in [0.2, 0.25) is 0 Å². The minimum Gasteiger partial charge on any atom is -0.455 e. The minimum atomic E-state index is -0.416. The highest BCUT2D eigenvalue weighted by molar-refractivity contribution is 8.18. The fourth-order valence-corrected chi connectivity index (χ4v) is 3.42. The Morgan fingerprint density at radius 3 is 2.92 bits per heavy atom. The molecule has 0 aromatic carbocycles. The van der Waals surface area contributed by atoms with E-state index in [1.807, 2.05) is 16.8 Å². The van der Waals surface area contributed by atoms with Crippen molar-refractivity contribution in [3.63, 3.8) is 0 Å². The molecule has 0 bridgehead atoms. The van der Waals surface area contributed by atoms with E-state index in [4.69, 9.17) is 4.42 Å². The van der Waals surface area contributed by atoms with Crippen LogP contribution in [-0.2, 0) is 4.79 Å². The van der Waals surface area contributed by atoms with E-state index in [1.54, 1.807) is 35.9 Å². The first kappa shape index (κ1) is 14.8. The second-order valence-corrected chi connectivity index (χ2v) is 6.66. The number of imide groups is 1. The molecule has 4 heterocycles. The van der Waals surface area contributed by atoms with Crippen LogP contribution in [0.5, 0.6) is 0 Å². The quantitative estimate of drug-likeness (QED) is 0.535. The van der Waals surface area contributed by atoms with E-state index in [2.05, 4.69) is 22.1 Å². The first-order valence-corrected chi connectivity index (χ1v) is 8.61. The van der Waals surface area contributed by atoms with Gasteiger partial charge in [-0.2, -0.15) is 11.3 Å². The number of rotatable bonds is 1. The maximum absolute atomic E-state index is 11.6. The van der Waals surface area contributed by atoms with E-state index in [0.717, 1.165) is 22.7 Å². The number of fused-ring (bicyclic) bond motifs is 1. The molecular formula is C17H8N2O3S2. The maximum atomic E-state index is 11.6. The van der Waals surface area contributed by atoms with Crippen molar-refractivity contribution in [1.29, 1.82) is 0 Å². The van der Waals surface area contributed by atoms with Gasteiger partial charge >= 0.3 is 0 Å². The lowest BCUT2D eigenvalue weighted by atomic mass is 10.2. The number of aromatic nitrogens is 1. The van der Waals surface area contributed by atoms with Gasteiger partial charge < -0.3 is 4.42 Å². The predicted octanol–water partition coefficient (Wildman–Crippen LogP) is 3.61. The number of furan rings is 1. The molecule has 0 radical (unpaired) electrons. The number of thiophene rings is 1. The van der Waals surface area contributed by atoms with Crippen molar-refractivity contribution in [1.82, 2.24) is 10.3 Å². The van der Waals surface area contributed by atoms with Crippen LogP contribution in [0.1, 0.15) is 16.9 Å². The third-order valence-corrected chi connectivity index (χ3v) is 4.71. The summed E-state index contributed by atoms with van der Waals surface area (Å²) in [7, 11) is 0. The molecule has 4 rings (SSSR count). The van der Waals surface area contributed by atoms with Crippen LogP contribution in [0.15, 0.2) is 44.6 Å². The number of hydrogen-bond donors (Lipinski definition) is 1. The van der Waals surface area contributed by atoms with Gasteiger partial charge in [0, 0.05) is 34.8 Å². The summed E-state index contributed by atoms with van der Waals surface area (Å²) in [4.78, 5) is 27.3. The van der Waals surface area contributed by atoms with E-state index in [9.17, 15) is 9.59 Å². The van der Waals surface area contributed by atoms with Gasteiger partial charge in [-0.25, -0.2) is 0 Å². The van der Waals surface area contributed by atoms with Gasteiger partial charge in [-0.15, -0.1) is 0 Å². The number of amides is 2. The molecule has 0 saturated carbocycles. The van der Waals surface area contributed by atoms with Crippen LogP contribution < -0.4 is 5.32 Å². The Labute approximate surface area is 144 Å². The van der Waals surface area contributed by atoms with Crippen molar-refractivity contribution >= 4 is 51.3 Å². The minimum absolute atomic E-state index is 0.304. The molecule has 3 aromatic heterocycles. The Hall–Kier alpha value is -2.82. The van der Waals surface area contributed by atoms with Crippen LogP contribution in [0.25, 0.3) is 17.0 Å². The van der Waals surface area contributed by atoms with Gasteiger partial charge in [-0.1, -0.05) is 11.8 Å². The Balaban J connectivity index is 1.74. The van der Waals surface area contributed by atoms with E-state index in [0.29, 0.717) is 21.8 Å². The molecule has 3 aromatic rings. The van der Waals surface area contributed by atoms with Crippen molar-refractivity contribution in [3.8, 4) is 11.8 Å². The number of carbonyl (C=O) groups is 2. The molecule has 1 aliphatic heterocycles. The summed E-state index contributed by atoms with van der Waals surface area (Å²) in [5.74, 6) is 6.17. The molecule has 1 aliphatic rings. The highest BCUT2D eigenvalue weighted by Crippen LogP contribution is 2.28. The van der Waals surface area contributed by atoms with Crippen molar-refractivity contribution in [3.05, 3.63) is 57.1 Å². The molecule has 0 aliphatic carbocycles. The first-order chi connectivity index (χ1) is 11.7. The molecule has 116 valence electrons. The van der Waals surface area contributed by atoms with Crippen LogP contribution >= 0.6 is 23.1 Å². The largest absolute Gasteiger partial charge is 0.455 e. The highest BCUT2D eigenvalue weighted by atomic mass is 32.2. The molecule has 24 heavy (non-hydrogen) atoms. The molecule has 0 unspecified atom stereocenters. The van der Waals surface area contributed by atoms with Crippen LogP contribution in [0.3, 0.4) is 0 Å². The van der Waals surface area contributed by atoms with E-state index < -0.39 is 5.91 Å². The summed E-state index contributed by atoms with van der Waals surface area (Å²) in [6.45, 7) is 0. The molecule has 2 amide bonds. The lowest BCUT2D eigenvalue weighted by Gasteiger charge is -1.91. The van der Waals surface area contributed by atoms with Crippen LogP contribution in [-0.4, -0.2) is 16.1 Å². The van der Waals surface area contributed by atoms with Crippen molar-refractivity contribution in [2.24, 2.45) is 0 Å². The second kappa shape index (κ2) is 6.00. The molecule has 0 spiro atoms. The summed E-state index contributed by atoms with van der Waals surface area (Å²) in [5.41, 5.74) is 2.21. The van der Waals surface area contributed by atoms with E-state index in [1.165, 1.54) is 0 Å². The summed E-state index contributed by atoms with van der Waals surface area (Å²) in [6.07, 6.45) is 4.85. The fourth-order valence-electron chi connectivity index (χ4n) is 2.17. The smallest absolute Gasteiger partial charge is 0.290 e. The third-order valence-electron chi connectivity index (χ3n) is 3.22. The molecule has 1 N–H and O–H groups in total. The van der Waals surface area contributed by atoms with Gasteiger partial charge in [0.1, 0.15) is 5.76 Å². The van der Waals surface area contributed by atoms with Gasteiger partial charge in [0.05, 0.1) is 10.5 Å². The van der Waals surface area contributed by atoms with Crippen LogP contribution in [0, 0.1) is 11.8 Å². The normalized spacial score (nSPS) is 15.6. The standard InChI is InChI=1S/C17H8N2O3S2/c20-16-14(24-17(21)19-16)6-13-5-12-8-18-7-11(15(12)22-13)2-1-10-3-4-23-9-10/h3-9H,(H,19,20,21). The second-order valence-electron chi connectivity index (χ2n) is 4.87. The number of pyridine rings is 1. The summed E-state index contributed by atoms with van der Waals surface area (Å²) < 4.78 is 5.79. The Morgan fingerprint density at radius 2 is 2.17 bits per heavy atom. The zero-order chi connectivity index (χ0) is 16.5. The number of thioether (sulfide) groups is 1. The van der Waals surface area contributed by atoms with Crippen molar-refractivity contribution in [2.45, 2.75) is 0 Å². The summed E-state index contributed by atoms with van der Waals surface area (Å²) >= 11 is 2.43. The first-order valence-electron chi connectivity index (χ1n) is 6.86. The lowest BCUT2D eigenvalue weighted by Crippen LogP contribution is -2.17. The average molecular weight is 352 g/mol. The molecule has 0 atom stereocenters. The molecule has 7 heteroatoms. The van der Waals surface area contributed by atoms with E-state index >= 15 is 0 Å². The number of nitrogens with one attached hydrogen (secondary N) is 1. The maximum Gasteiger partial charge on any atom is 0.290 e. The monoisotopic (exact) mass is 352 g/mol. The van der Waals surface area contributed by atoms with Gasteiger partial charge in [-0.05, 0) is 29.3 Å². The lowest BCUT2D eigenvalue weighted by molar-refractivity contribution is -0.115. The summed E-state index contributed by atoms with van der Waals surface area (Å²) in [6, 6.07) is 3.71. The topological polar surface area (TPSA) is 72.2 Å². The average Bonchev–Trinajstić information content (AvgIpc) is 3.26. The number of hydrogen-bond acceptors (Lipinski definition) is 6. The third kappa shape index (κ3) is 2.85. The van der Waals surface area contributed by atoms with Gasteiger partial charge in [-0.3, -0.25) is 19.9 Å². The molecule has 1 saturated heterocycles. The van der Waals surface area contributed by atoms with E-state index in [-0.39, 0.29) is 5.24 Å². The Bertz CT molecular complexity index is 1050. The Kier molecular flexibility index (Phi) is 3.69. The van der Waals surface area contributed by atoms with Crippen molar-refractivity contribution in [2.75, 3.05) is 0 Å². The number of carbonyl (C=O) groups excluding carboxylic acids is 2.